The minimum Gasteiger partial charge on any atom is -0.493 e. The first-order chi connectivity index (χ1) is 19.4. The summed E-state index contributed by atoms with van der Waals surface area (Å²) in [6, 6.07) is 20.9. The van der Waals surface area contributed by atoms with Gasteiger partial charge in [-0.2, -0.15) is 15.2 Å². The van der Waals surface area contributed by atoms with Crippen molar-refractivity contribution in [1.29, 1.82) is 0 Å². The third-order valence-corrected chi connectivity index (χ3v) is 6.72. The van der Waals surface area contributed by atoms with E-state index in [4.69, 9.17) is 14.5 Å². The molecule has 204 valence electrons. The van der Waals surface area contributed by atoms with Crippen molar-refractivity contribution in [1.82, 2.24) is 15.0 Å². The molecule has 0 aliphatic carbocycles. The Kier molecular flexibility index (Phi) is 7.59. The molecule has 1 atom stereocenters. The largest absolute Gasteiger partial charge is 0.493 e. The number of carbonyl (C=O) groups is 2. The van der Waals surface area contributed by atoms with Gasteiger partial charge >= 0.3 is 0 Å². The number of nitrogens with one attached hydrogen (secondary N) is 1. The number of hydrazone groups is 2. The van der Waals surface area contributed by atoms with Crippen LogP contribution in [0.4, 0.5) is 5.69 Å². The highest BCUT2D eigenvalue weighted by Crippen LogP contribution is 2.29. The molecule has 0 fully saturated rings. The molecule has 1 aliphatic rings. The Morgan fingerprint density at radius 3 is 2.52 bits per heavy atom. The normalized spacial score (nSPS) is 15.1. The van der Waals surface area contributed by atoms with E-state index in [0.717, 1.165) is 28.0 Å². The minimum absolute atomic E-state index is 0.00164. The van der Waals surface area contributed by atoms with Crippen LogP contribution in [0.2, 0.25) is 0 Å². The summed E-state index contributed by atoms with van der Waals surface area (Å²) in [7, 11) is 3.18. The maximum atomic E-state index is 13.0. The lowest BCUT2D eigenvalue weighted by atomic mass is 10.1. The number of carbonyl (C=O) groups excluding carboxylic acids is 2. The Morgan fingerprint density at radius 2 is 1.77 bits per heavy atom. The second-order valence-electron chi connectivity index (χ2n) is 9.49. The van der Waals surface area contributed by atoms with E-state index in [1.165, 1.54) is 11.2 Å². The van der Waals surface area contributed by atoms with Crippen molar-refractivity contribution in [2.24, 2.45) is 16.1 Å². The molecule has 0 radical (unpaired) electrons. The van der Waals surface area contributed by atoms with Crippen molar-refractivity contribution >= 4 is 40.5 Å². The van der Waals surface area contributed by atoms with Crippen molar-refractivity contribution in [3.8, 4) is 11.5 Å². The van der Waals surface area contributed by atoms with Crippen LogP contribution in [0.1, 0.15) is 23.9 Å². The minimum atomic E-state index is -0.656. The molecule has 40 heavy (non-hydrogen) atoms. The van der Waals surface area contributed by atoms with Crippen LogP contribution in [-0.4, -0.2) is 47.5 Å². The molecule has 2 heterocycles. The smallest absolute Gasteiger partial charge is 0.261 e. The maximum Gasteiger partial charge on any atom is 0.261 e. The van der Waals surface area contributed by atoms with Crippen LogP contribution >= 0.6 is 0 Å². The van der Waals surface area contributed by atoms with Gasteiger partial charge in [-0.1, -0.05) is 35.9 Å². The van der Waals surface area contributed by atoms with Crippen molar-refractivity contribution in [3.63, 3.8) is 0 Å². The summed E-state index contributed by atoms with van der Waals surface area (Å²) >= 11 is 0. The fraction of sp³-hybridized carbons (Fsp3) is 0.233. The zero-order valence-corrected chi connectivity index (χ0v) is 22.8. The van der Waals surface area contributed by atoms with Gasteiger partial charge in [0.05, 0.1) is 36.7 Å². The average molecular weight is 539 g/mol. The van der Waals surface area contributed by atoms with Gasteiger partial charge in [0.25, 0.3) is 11.8 Å². The van der Waals surface area contributed by atoms with Crippen LogP contribution in [0.3, 0.4) is 0 Å². The highest BCUT2D eigenvalue weighted by Gasteiger charge is 2.33. The lowest BCUT2D eigenvalue weighted by Gasteiger charge is -2.13. The number of methoxy groups -OCH3 is 2. The SMILES string of the molecule is COc1ccc(Cc2nc3ccccc3n2CC(=O)NN=CC2C(=O)N(c3ccc(C)cc3)N=C2C)cc1OC. The van der Waals surface area contributed by atoms with Crippen LogP contribution in [0.5, 0.6) is 11.5 Å². The highest BCUT2D eigenvalue weighted by atomic mass is 16.5. The van der Waals surface area contributed by atoms with E-state index in [-0.39, 0.29) is 18.4 Å². The first-order valence-electron chi connectivity index (χ1n) is 12.8. The van der Waals surface area contributed by atoms with Gasteiger partial charge in [0.2, 0.25) is 0 Å². The maximum absolute atomic E-state index is 13.0. The number of nitrogens with zero attached hydrogens (tertiary/aromatic N) is 5. The number of rotatable bonds is 9. The lowest BCUT2D eigenvalue weighted by Crippen LogP contribution is -2.29. The summed E-state index contributed by atoms with van der Waals surface area (Å²) in [5, 5.41) is 9.85. The van der Waals surface area contributed by atoms with Gasteiger partial charge in [-0.15, -0.1) is 0 Å². The van der Waals surface area contributed by atoms with Gasteiger partial charge in [0.1, 0.15) is 18.3 Å². The quantitative estimate of drug-likeness (QED) is 0.255. The number of anilines is 1. The van der Waals surface area contributed by atoms with E-state index >= 15 is 0 Å². The molecule has 1 N–H and O–H groups in total. The Labute approximate surface area is 231 Å². The fourth-order valence-corrected chi connectivity index (χ4v) is 4.59. The summed E-state index contributed by atoms with van der Waals surface area (Å²) in [4.78, 5) is 30.7. The molecule has 0 spiro atoms. The van der Waals surface area contributed by atoms with Gasteiger partial charge in [-0.3, -0.25) is 9.59 Å². The second-order valence-corrected chi connectivity index (χ2v) is 9.49. The van der Waals surface area contributed by atoms with Crippen LogP contribution in [-0.2, 0) is 22.6 Å². The molecule has 2 amide bonds. The van der Waals surface area contributed by atoms with Gasteiger partial charge in [0.15, 0.2) is 11.5 Å². The number of imidazole rings is 1. The van der Waals surface area contributed by atoms with E-state index < -0.39 is 5.92 Å². The predicted molar refractivity (Wildman–Crippen MR) is 154 cm³/mol. The van der Waals surface area contributed by atoms with Crippen molar-refractivity contribution < 1.29 is 19.1 Å². The number of aryl methyl sites for hydroxylation is 1. The fourth-order valence-electron chi connectivity index (χ4n) is 4.59. The summed E-state index contributed by atoms with van der Waals surface area (Å²) in [6.45, 7) is 3.75. The topological polar surface area (TPSA) is 110 Å². The van der Waals surface area contributed by atoms with Crippen LogP contribution in [0, 0.1) is 12.8 Å². The molecule has 1 aromatic heterocycles. The molecule has 3 aromatic carbocycles. The molecule has 10 heteroatoms. The number of para-hydroxylation sites is 2. The predicted octanol–water partition coefficient (Wildman–Crippen LogP) is 4.09. The van der Waals surface area contributed by atoms with E-state index in [2.05, 4.69) is 15.6 Å². The zero-order valence-electron chi connectivity index (χ0n) is 22.8. The first kappa shape index (κ1) is 26.6. The number of hydrogen-bond acceptors (Lipinski definition) is 7. The summed E-state index contributed by atoms with van der Waals surface area (Å²) < 4.78 is 12.6. The molecular weight excluding hydrogens is 508 g/mol. The number of ether oxygens (including phenoxy) is 2. The number of fused-ring (bicyclic) bond motifs is 1. The van der Waals surface area contributed by atoms with Gasteiger partial charge in [-0.25, -0.2) is 10.4 Å². The Morgan fingerprint density at radius 1 is 1.02 bits per heavy atom. The molecule has 0 saturated carbocycles. The summed E-state index contributed by atoms with van der Waals surface area (Å²) in [5.74, 6) is 0.753. The van der Waals surface area contributed by atoms with Gasteiger partial charge < -0.3 is 14.0 Å². The summed E-state index contributed by atoms with van der Waals surface area (Å²) in [6.07, 6.45) is 1.90. The van der Waals surface area contributed by atoms with Gasteiger partial charge in [-0.05, 0) is 55.8 Å². The number of amides is 2. The van der Waals surface area contributed by atoms with Crippen LogP contribution in [0.15, 0.2) is 76.9 Å². The number of hydrogen-bond donors (Lipinski definition) is 1. The second kappa shape index (κ2) is 11.4. The average Bonchev–Trinajstić information content (AvgIpc) is 3.44. The molecular formula is C30H30N6O4. The molecule has 10 nitrogen and oxygen atoms in total. The first-order valence-corrected chi connectivity index (χ1v) is 12.8. The van der Waals surface area contributed by atoms with Crippen molar-refractivity contribution in [2.45, 2.75) is 26.8 Å². The third-order valence-electron chi connectivity index (χ3n) is 6.72. The van der Waals surface area contributed by atoms with Gasteiger partial charge in [0, 0.05) is 12.6 Å². The van der Waals surface area contributed by atoms with E-state index in [1.807, 2.05) is 78.2 Å². The number of aromatic nitrogens is 2. The lowest BCUT2D eigenvalue weighted by molar-refractivity contribution is -0.122. The summed E-state index contributed by atoms with van der Waals surface area (Å²) in [5.41, 5.74) is 7.51. The van der Waals surface area contributed by atoms with Crippen LogP contribution in [0.25, 0.3) is 11.0 Å². The van der Waals surface area contributed by atoms with E-state index in [0.29, 0.717) is 29.3 Å². The number of benzene rings is 3. The van der Waals surface area contributed by atoms with Crippen LogP contribution < -0.4 is 19.9 Å². The molecule has 0 saturated heterocycles. The Bertz CT molecular complexity index is 1620. The van der Waals surface area contributed by atoms with Crippen molar-refractivity contribution in [3.05, 3.63) is 83.7 Å². The third kappa shape index (κ3) is 5.42. The molecule has 4 aromatic rings. The zero-order chi connectivity index (χ0) is 28.2. The molecule has 5 rings (SSSR count). The molecule has 1 aliphatic heterocycles. The van der Waals surface area contributed by atoms with Crippen molar-refractivity contribution in [2.75, 3.05) is 19.2 Å². The van der Waals surface area contributed by atoms with E-state index in [1.54, 1.807) is 21.1 Å². The van der Waals surface area contributed by atoms with E-state index in [9.17, 15) is 9.59 Å². The highest BCUT2D eigenvalue weighted by molar-refractivity contribution is 6.23. The molecule has 0 bridgehead atoms. The molecule has 1 unspecified atom stereocenters. The monoisotopic (exact) mass is 538 g/mol. The Balaban J connectivity index is 1.30. The standard InChI is InChI=1S/C30H30N6O4/c1-19-9-12-22(13-10-19)36-30(38)23(20(2)34-36)17-31-33-29(37)18-35-25-8-6-5-7-24(25)32-28(35)16-21-11-14-26(39-3)27(15-21)40-4/h5-15,17,23H,16,18H2,1-4H3,(H,33,37). The Hall–Kier alpha value is -4.99.